The molecule has 0 aliphatic heterocycles. The van der Waals surface area contributed by atoms with Crippen LogP contribution in [-0.4, -0.2) is 34.2 Å². The van der Waals surface area contributed by atoms with Crippen LogP contribution in [0.1, 0.15) is 6.92 Å². The van der Waals surface area contributed by atoms with Crippen molar-refractivity contribution in [3.05, 3.63) is 11.8 Å². The summed E-state index contributed by atoms with van der Waals surface area (Å²) in [7, 11) is 0. The van der Waals surface area contributed by atoms with Gasteiger partial charge >= 0.3 is 5.97 Å². The first kappa shape index (κ1) is 9.93. The third-order valence-electron chi connectivity index (χ3n) is 0.915. The van der Waals surface area contributed by atoms with E-state index in [1.807, 2.05) is 0 Å². The molecule has 0 aromatic carbocycles. The number of ether oxygens (including phenoxy) is 1. The first-order chi connectivity index (χ1) is 5.11. The second-order valence-electron chi connectivity index (χ2n) is 1.85. The van der Waals surface area contributed by atoms with Crippen molar-refractivity contribution < 1.29 is 24.9 Å². The maximum atomic E-state index is 10.6. The standard InChI is InChI=1S/C6H10O5/c1-4(2-7)6(10)11-5(9)3-8/h2,5,7-9H,3H2,1H3/b4-2+. The van der Waals surface area contributed by atoms with E-state index in [1.165, 1.54) is 6.92 Å². The maximum absolute atomic E-state index is 10.6. The lowest BCUT2D eigenvalue weighted by atomic mass is 10.3. The SMILES string of the molecule is C/C(=C\O)C(=O)OC(O)CO. The zero-order valence-corrected chi connectivity index (χ0v) is 6.02. The van der Waals surface area contributed by atoms with E-state index in [4.69, 9.17) is 15.3 Å². The molecule has 0 aromatic heterocycles. The van der Waals surface area contributed by atoms with Gasteiger partial charge in [0.2, 0.25) is 6.29 Å². The van der Waals surface area contributed by atoms with Gasteiger partial charge in [-0.15, -0.1) is 0 Å². The number of hydrogen-bond acceptors (Lipinski definition) is 5. The van der Waals surface area contributed by atoms with Crippen molar-refractivity contribution in [1.82, 2.24) is 0 Å². The van der Waals surface area contributed by atoms with Gasteiger partial charge in [0.1, 0.15) is 6.61 Å². The van der Waals surface area contributed by atoms with Gasteiger partial charge < -0.3 is 20.1 Å². The molecular formula is C6H10O5. The molecule has 0 saturated heterocycles. The number of aliphatic hydroxyl groups is 3. The van der Waals surface area contributed by atoms with Crippen LogP contribution in [0.2, 0.25) is 0 Å². The summed E-state index contributed by atoms with van der Waals surface area (Å²) >= 11 is 0. The van der Waals surface area contributed by atoms with Gasteiger partial charge in [0.25, 0.3) is 0 Å². The van der Waals surface area contributed by atoms with Crippen LogP contribution in [0.5, 0.6) is 0 Å². The van der Waals surface area contributed by atoms with Crippen molar-refractivity contribution in [2.75, 3.05) is 6.61 Å². The fourth-order valence-electron chi connectivity index (χ4n) is 0.306. The fraction of sp³-hybridized carbons (Fsp3) is 0.500. The smallest absolute Gasteiger partial charge is 0.339 e. The van der Waals surface area contributed by atoms with Crippen LogP contribution in [0.15, 0.2) is 11.8 Å². The Morgan fingerprint density at radius 1 is 1.73 bits per heavy atom. The molecule has 0 rings (SSSR count). The Kier molecular flexibility index (Phi) is 4.24. The van der Waals surface area contributed by atoms with Gasteiger partial charge in [0.05, 0.1) is 11.8 Å². The average molecular weight is 162 g/mol. The topological polar surface area (TPSA) is 87.0 Å². The molecule has 3 N–H and O–H groups in total. The van der Waals surface area contributed by atoms with Crippen molar-refractivity contribution in [2.24, 2.45) is 0 Å². The number of hydrogen-bond donors (Lipinski definition) is 3. The van der Waals surface area contributed by atoms with Crippen molar-refractivity contribution >= 4 is 5.97 Å². The van der Waals surface area contributed by atoms with E-state index in [2.05, 4.69) is 4.74 Å². The summed E-state index contributed by atoms with van der Waals surface area (Å²) < 4.78 is 4.19. The fourth-order valence-corrected chi connectivity index (χ4v) is 0.306. The molecule has 0 aromatic rings. The monoisotopic (exact) mass is 162 g/mol. The minimum absolute atomic E-state index is 0.0440. The molecular weight excluding hydrogens is 152 g/mol. The lowest BCUT2D eigenvalue weighted by molar-refractivity contribution is -0.168. The van der Waals surface area contributed by atoms with Gasteiger partial charge in [0, 0.05) is 0 Å². The Hall–Kier alpha value is -1.07. The van der Waals surface area contributed by atoms with Gasteiger partial charge in [0.15, 0.2) is 0 Å². The highest BCUT2D eigenvalue weighted by atomic mass is 16.6. The quantitative estimate of drug-likeness (QED) is 0.221. The first-order valence-corrected chi connectivity index (χ1v) is 2.92. The molecule has 64 valence electrons. The van der Waals surface area contributed by atoms with E-state index in [0.717, 1.165) is 0 Å². The molecule has 5 heteroatoms. The second kappa shape index (κ2) is 4.70. The van der Waals surface area contributed by atoms with Crippen molar-refractivity contribution in [2.45, 2.75) is 13.2 Å². The highest BCUT2D eigenvalue weighted by Gasteiger charge is 2.10. The summed E-state index contributed by atoms with van der Waals surface area (Å²) in [6.45, 7) is 0.650. The molecule has 0 amide bonds. The Morgan fingerprint density at radius 3 is 2.64 bits per heavy atom. The van der Waals surface area contributed by atoms with Gasteiger partial charge in [-0.05, 0) is 6.92 Å². The van der Waals surface area contributed by atoms with E-state index >= 15 is 0 Å². The molecule has 1 unspecified atom stereocenters. The van der Waals surface area contributed by atoms with Crippen molar-refractivity contribution in [3.8, 4) is 0 Å². The zero-order chi connectivity index (χ0) is 8.85. The summed E-state index contributed by atoms with van der Waals surface area (Å²) in [4.78, 5) is 10.6. The van der Waals surface area contributed by atoms with E-state index in [9.17, 15) is 4.79 Å². The van der Waals surface area contributed by atoms with E-state index < -0.39 is 18.9 Å². The molecule has 11 heavy (non-hydrogen) atoms. The van der Waals surface area contributed by atoms with Crippen molar-refractivity contribution in [1.29, 1.82) is 0 Å². The summed E-state index contributed by atoms with van der Waals surface area (Å²) in [6.07, 6.45) is -0.968. The lowest BCUT2D eigenvalue weighted by Gasteiger charge is -2.07. The minimum atomic E-state index is -1.53. The maximum Gasteiger partial charge on any atom is 0.339 e. The lowest BCUT2D eigenvalue weighted by Crippen LogP contribution is -2.21. The van der Waals surface area contributed by atoms with Crippen LogP contribution < -0.4 is 0 Å². The van der Waals surface area contributed by atoms with Crippen LogP contribution in [-0.2, 0) is 9.53 Å². The molecule has 0 saturated carbocycles. The van der Waals surface area contributed by atoms with Crippen LogP contribution in [0.3, 0.4) is 0 Å². The van der Waals surface area contributed by atoms with Gasteiger partial charge in [-0.1, -0.05) is 0 Å². The van der Waals surface area contributed by atoms with Crippen LogP contribution in [0, 0.1) is 0 Å². The summed E-state index contributed by atoms with van der Waals surface area (Å²) in [5.74, 6) is -0.867. The summed E-state index contributed by atoms with van der Waals surface area (Å²) in [6, 6.07) is 0. The van der Waals surface area contributed by atoms with Gasteiger partial charge in [-0.25, -0.2) is 4.79 Å². The molecule has 5 nitrogen and oxygen atoms in total. The van der Waals surface area contributed by atoms with Crippen LogP contribution >= 0.6 is 0 Å². The highest BCUT2D eigenvalue weighted by Crippen LogP contribution is 1.96. The first-order valence-electron chi connectivity index (χ1n) is 2.92. The Balaban J connectivity index is 3.88. The molecule has 0 spiro atoms. The number of aliphatic hydroxyl groups excluding tert-OH is 3. The van der Waals surface area contributed by atoms with Crippen molar-refractivity contribution in [3.63, 3.8) is 0 Å². The molecule has 0 aliphatic rings. The largest absolute Gasteiger partial charge is 0.515 e. The third kappa shape index (κ3) is 3.59. The van der Waals surface area contributed by atoms with E-state index in [1.54, 1.807) is 0 Å². The summed E-state index contributed by atoms with van der Waals surface area (Å²) in [5.41, 5.74) is -0.0440. The Bertz CT molecular complexity index is 162. The number of carbonyl (C=O) groups is 1. The number of esters is 1. The third-order valence-corrected chi connectivity index (χ3v) is 0.915. The van der Waals surface area contributed by atoms with E-state index in [0.29, 0.717) is 6.26 Å². The minimum Gasteiger partial charge on any atom is -0.515 e. The zero-order valence-electron chi connectivity index (χ0n) is 6.02. The molecule has 0 fully saturated rings. The van der Waals surface area contributed by atoms with Gasteiger partial charge in [-0.2, -0.15) is 0 Å². The molecule has 0 aliphatic carbocycles. The van der Waals surface area contributed by atoms with E-state index in [-0.39, 0.29) is 5.57 Å². The number of carbonyl (C=O) groups excluding carboxylic acids is 1. The second-order valence-corrected chi connectivity index (χ2v) is 1.85. The Morgan fingerprint density at radius 2 is 2.27 bits per heavy atom. The molecule has 0 heterocycles. The average Bonchev–Trinajstić information content (AvgIpc) is 2.02. The molecule has 0 bridgehead atoms. The molecule has 1 atom stereocenters. The van der Waals surface area contributed by atoms with Crippen LogP contribution in [0.4, 0.5) is 0 Å². The summed E-state index contributed by atoms with van der Waals surface area (Å²) in [5, 5.41) is 25.1. The highest BCUT2D eigenvalue weighted by molar-refractivity contribution is 5.87. The predicted molar refractivity (Wildman–Crippen MR) is 35.6 cm³/mol. The molecule has 0 radical (unpaired) electrons. The Labute approximate surface area is 63.5 Å². The predicted octanol–water partition coefficient (Wildman–Crippen LogP) is -0.698. The van der Waals surface area contributed by atoms with Crippen LogP contribution in [0.25, 0.3) is 0 Å². The van der Waals surface area contributed by atoms with Gasteiger partial charge in [-0.3, -0.25) is 0 Å². The normalized spacial score (nSPS) is 14.3. The number of rotatable bonds is 3.